The fraction of sp³-hybridized carbons (Fsp3) is 0.227. The Bertz CT molecular complexity index is 973. The van der Waals surface area contributed by atoms with Crippen LogP contribution in [0, 0.1) is 0 Å². The van der Waals surface area contributed by atoms with Crippen LogP contribution >= 0.6 is 0 Å². The monoisotopic (exact) mass is 377 g/mol. The Kier molecular flexibility index (Phi) is 7.65. The number of nitrogens with zero attached hydrogens (tertiary/aromatic N) is 4. The van der Waals surface area contributed by atoms with E-state index in [-0.39, 0.29) is 11.6 Å². The molecular weight excluding hydrogens is 350 g/mol. The molecule has 146 valence electrons. The molecular formula is C22H27N5O. The predicted molar refractivity (Wildman–Crippen MR) is 117 cm³/mol. The number of hydrogen-bond donors (Lipinski definition) is 1. The first-order chi connectivity index (χ1) is 13.5. The lowest BCUT2D eigenvalue weighted by molar-refractivity contribution is 0.311. The summed E-state index contributed by atoms with van der Waals surface area (Å²) in [6.07, 6.45) is 4.95. The van der Waals surface area contributed by atoms with Crippen molar-refractivity contribution in [2.45, 2.75) is 6.04 Å². The lowest BCUT2D eigenvalue weighted by atomic mass is 10.1. The Morgan fingerprint density at radius 2 is 1.82 bits per heavy atom. The lowest BCUT2D eigenvalue weighted by Gasteiger charge is -2.25. The van der Waals surface area contributed by atoms with E-state index in [2.05, 4.69) is 45.6 Å². The van der Waals surface area contributed by atoms with Crippen LogP contribution in [0.25, 0.3) is 10.9 Å². The van der Waals surface area contributed by atoms with Gasteiger partial charge in [0.05, 0.1) is 11.4 Å². The number of anilines is 1. The van der Waals surface area contributed by atoms with Gasteiger partial charge < -0.3 is 10.2 Å². The van der Waals surface area contributed by atoms with E-state index in [1.807, 2.05) is 32.3 Å². The summed E-state index contributed by atoms with van der Waals surface area (Å²) in [5, 5.41) is 8.27. The van der Waals surface area contributed by atoms with Crippen LogP contribution in [-0.4, -0.2) is 40.3 Å². The standard InChI is InChI=1S/C18H21N5O.C4H6/c1-22(2)15(13-8-5-4-6-9-13)12-20-17-16-14(10-7-11-19-16)18(24)23(3)21-17;1-3-4-2/h4-11,15H,12H2,1-3H3,(H,20,21);3-4H,1-2H2. The smallest absolute Gasteiger partial charge is 0.276 e. The molecule has 6 heteroatoms. The van der Waals surface area contributed by atoms with Gasteiger partial charge in [0.1, 0.15) is 5.52 Å². The highest BCUT2D eigenvalue weighted by Crippen LogP contribution is 2.20. The summed E-state index contributed by atoms with van der Waals surface area (Å²) in [7, 11) is 5.74. The molecule has 3 aromatic rings. The van der Waals surface area contributed by atoms with Gasteiger partial charge in [-0.1, -0.05) is 55.6 Å². The molecule has 0 saturated heterocycles. The van der Waals surface area contributed by atoms with E-state index >= 15 is 0 Å². The first-order valence-electron chi connectivity index (χ1n) is 9.00. The van der Waals surface area contributed by atoms with Crippen molar-refractivity contribution in [3.63, 3.8) is 0 Å². The molecule has 1 unspecified atom stereocenters. The molecule has 0 aliphatic heterocycles. The fourth-order valence-electron chi connectivity index (χ4n) is 2.77. The summed E-state index contributed by atoms with van der Waals surface area (Å²) in [6.45, 7) is 7.38. The molecule has 1 N–H and O–H groups in total. The predicted octanol–water partition coefficient (Wildman–Crippen LogP) is 3.40. The first-order valence-corrected chi connectivity index (χ1v) is 9.00. The maximum absolute atomic E-state index is 12.2. The van der Waals surface area contributed by atoms with Gasteiger partial charge in [-0.3, -0.25) is 9.78 Å². The molecule has 0 saturated carbocycles. The average Bonchev–Trinajstić information content (AvgIpc) is 2.72. The van der Waals surface area contributed by atoms with Crippen molar-refractivity contribution in [1.82, 2.24) is 19.7 Å². The number of hydrogen-bond acceptors (Lipinski definition) is 5. The normalized spacial score (nSPS) is 11.4. The second kappa shape index (κ2) is 10.2. The van der Waals surface area contributed by atoms with Crippen molar-refractivity contribution in [2.24, 2.45) is 7.05 Å². The van der Waals surface area contributed by atoms with Gasteiger partial charge in [-0.05, 0) is 31.8 Å². The quantitative estimate of drug-likeness (QED) is 0.667. The molecule has 2 heterocycles. The Balaban J connectivity index is 0.000000640. The van der Waals surface area contributed by atoms with E-state index in [4.69, 9.17) is 0 Å². The number of aromatic nitrogens is 3. The molecule has 1 atom stereocenters. The minimum absolute atomic E-state index is 0.143. The minimum atomic E-state index is -0.143. The highest BCUT2D eigenvalue weighted by atomic mass is 16.1. The Morgan fingerprint density at radius 3 is 2.43 bits per heavy atom. The van der Waals surface area contributed by atoms with Crippen LogP contribution in [0.3, 0.4) is 0 Å². The van der Waals surface area contributed by atoms with Crippen LogP contribution in [0.15, 0.2) is 78.8 Å². The van der Waals surface area contributed by atoms with Gasteiger partial charge in [-0.15, -0.1) is 0 Å². The third-order valence-electron chi connectivity index (χ3n) is 4.24. The molecule has 2 aromatic heterocycles. The summed E-state index contributed by atoms with van der Waals surface area (Å²) in [5.41, 5.74) is 1.68. The number of fused-ring (bicyclic) bond motifs is 1. The van der Waals surface area contributed by atoms with E-state index in [0.717, 1.165) is 0 Å². The molecule has 0 spiro atoms. The third-order valence-corrected chi connectivity index (χ3v) is 4.24. The number of rotatable bonds is 6. The lowest BCUT2D eigenvalue weighted by Crippen LogP contribution is -2.28. The minimum Gasteiger partial charge on any atom is -0.365 e. The van der Waals surface area contributed by atoms with Crippen LogP contribution < -0.4 is 10.9 Å². The maximum Gasteiger partial charge on any atom is 0.276 e. The Morgan fingerprint density at radius 1 is 1.14 bits per heavy atom. The molecule has 0 amide bonds. The molecule has 3 rings (SSSR count). The summed E-state index contributed by atoms with van der Waals surface area (Å²) >= 11 is 0. The molecule has 0 aliphatic rings. The van der Waals surface area contributed by atoms with Crippen molar-refractivity contribution < 1.29 is 0 Å². The molecule has 0 aliphatic carbocycles. The van der Waals surface area contributed by atoms with Gasteiger partial charge in [0.15, 0.2) is 5.82 Å². The van der Waals surface area contributed by atoms with Crippen molar-refractivity contribution in [1.29, 1.82) is 0 Å². The number of likely N-dealkylation sites (N-methyl/N-ethyl adjacent to an activating group) is 1. The van der Waals surface area contributed by atoms with Crippen LogP contribution in [0.4, 0.5) is 5.82 Å². The number of aryl methyl sites for hydroxylation is 1. The van der Waals surface area contributed by atoms with Gasteiger partial charge in [-0.25, -0.2) is 4.68 Å². The SMILES string of the molecule is C=CC=C.CN(C)C(CNc1nn(C)c(=O)c2cccnc12)c1ccccc1. The topological polar surface area (TPSA) is 63.1 Å². The van der Waals surface area contributed by atoms with Crippen LogP contribution in [0.2, 0.25) is 0 Å². The van der Waals surface area contributed by atoms with Crippen molar-refractivity contribution >= 4 is 16.7 Å². The van der Waals surface area contributed by atoms with E-state index < -0.39 is 0 Å². The fourth-order valence-corrected chi connectivity index (χ4v) is 2.77. The Labute approximate surface area is 165 Å². The van der Waals surface area contributed by atoms with Crippen LogP contribution in [0.1, 0.15) is 11.6 Å². The van der Waals surface area contributed by atoms with E-state index in [1.165, 1.54) is 10.2 Å². The van der Waals surface area contributed by atoms with Crippen molar-refractivity contribution in [2.75, 3.05) is 26.0 Å². The van der Waals surface area contributed by atoms with Gasteiger partial charge in [0.2, 0.25) is 0 Å². The second-order valence-electron chi connectivity index (χ2n) is 6.42. The molecule has 28 heavy (non-hydrogen) atoms. The molecule has 0 bridgehead atoms. The summed E-state index contributed by atoms with van der Waals surface area (Å²) < 4.78 is 1.35. The largest absolute Gasteiger partial charge is 0.365 e. The highest BCUT2D eigenvalue weighted by molar-refractivity contribution is 5.86. The van der Waals surface area contributed by atoms with Crippen molar-refractivity contribution in [3.8, 4) is 0 Å². The number of nitrogens with one attached hydrogen (secondary N) is 1. The summed E-state index contributed by atoms with van der Waals surface area (Å²) in [5.74, 6) is 0.621. The van der Waals surface area contributed by atoms with Crippen LogP contribution in [-0.2, 0) is 7.05 Å². The average molecular weight is 377 g/mol. The van der Waals surface area contributed by atoms with Gasteiger partial charge >= 0.3 is 0 Å². The zero-order chi connectivity index (χ0) is 20.5. The van der Waals surface area contributed by atoms with E-state index in [9.17, 15) is 4.79 Å². The number of pyridine rings is 1. The number of benzene rings is 1. The van der Waals surface area contributed by atoms with Crippen molar-refractivity contribution in [3.05, 3.63) is 89.9 Å². The van der Waals surface area contributed by atoms with Crippen LogP contribution in [0.5, 0.6) is 0 Å². The zero-order valence-electron chi connectivity index (χ0n) is 16.7. The summed E-state index contributed by atoms with van der Waals surface area (Å²) in [6, 6.07) is 14.0. The molecule has 0 fully saturated rings. The van der Waals surface area contributed by atoms with Gasteiger partial charge in [0.25, 0.3) is 5.56 Å². The van der Waals surface area contributed by atoms with Gasteiger partial charge in [0, 0.05) is 19.8 Å². The van der Waals surface area contributed by atoms with E-state index in [0.29, 0.717) is 23.3 Å². The molecule has 1 aromatic carbocycles. The zero-order valence-corrected chi connectivity index (χ0v) is 16.7. The highest BCUT2D eigenvalue weighted by Gasteiger charge is 2.16. The second-order valence-corrected chi connectivity index (χ2v) is 6.42. The molecule has 6 nitrogen and oxygen atoms in total. The van der Waals surface area contributed by atoms with Gasteiger partial charge in [-0.2, -0.15) is 5.10 Å². The maximum atomic E-state index is 12.2. The summed E-state index contributed by atoms with van der Waals surface area (Å²) in [4.78, 5) is 18.7. The first kappa shape index (κ1) is 21.1. The van der Waals surface area contributed by atoms with E-state index in [1.54, 1.807) is 37.5 Å². The Hall–Kier alpha value is -3.25. The molecule has 0 radical (unpaired) electrons. The third kappa shape index (κ3) is 5.14. The number of allylic oxidation sites excluding steroid dienone is 2.